The number of aryl methyl sites for hydroxylation is 1. The second-order valence-electron chi connectivity index (χ2n) is 4.84. The van der Waals surface area contributed by atoms with Gasteiger partial charge in [-0.3, -0.25) is 14.9 Å². The summed E-state index contributed by atoms with van der Waals surface area (Å²) in [6.07, 6.45) is 2.21. The van der Waals surface area contributed by atoms with Crippen LogP contribution in [-0.2, 0) is 6.42 Å². The average Bonchev–Trinajstić information content (AvgIpc) is 2.46. The standard InChI is InChI=1S/C14H18N2O3/c1-2-10-3-4-12(9-13(10)16(18)19)14(17)11-5-7-15-8-6-11/h3-4,9,11,15H,2,5-8H2,1H3. The maximum atomic E-state index is 12.3. The second kappa shape index (κ2) is 5.93. The largest absolute Gasteiger partial charge is 0.317 e. The minimum Gasteiger partial charge on any atom is -0.317 e. The van der Waals surface area contributed by atoms with Crippen molar-refractivity contribution in [3.8, 4) is 0 Å². The number of nitro benzene ring substituents is 1. The van der Waals surface area contributed by atoms with Crippen LogP contribution in [0.2, 0.25) is 0 Å². The predicted molar refractivity (Wildman–Crippen MR) is 72.4 cm³/mol. The number of carbonyl (C=O) groups excluding carboxylic acids is 1. The van der Waals surface area contributed by atoms with Crippen LogP contribution in [0.5, 0.6) is 0 Å². The van der Waals surface area contributed by atoms with Gasteiger partial charge in [-0.15, -0.1) is 0 Å². The van der Waals surface area contributed by atoms with E-state index in [0.29, 0.717) is 17.5 Å². The summed E-state index contributed by atoms with van der Waals surface area (Å²) in [5.74, 6) is 0.0283. The van der Waals surface area contributed by atoms with Crippen molar-refractivity contribution in [2.45, 2.75) is 26.2 Å². The number of ketones is 1. The van der Waals surface area contributed by atoms with Gasteiger partial charge >= 0.3 is 0 Å². The average molecular weight is 262 g/mol. The van der Waals surface area contributed by atoms with E-state index in [1.54, 1.807) is 12.1 Å². The molecule has 1 aliphatic heterocycles. The minimum absolute atomic E-state index is 0.00618. The molecule has 0 atom stereocenters. The number of carbonyl (C=O) groups is 1. The molecule has 0 radical (unpaired) electrons. The molecule has 1 saturated heterocycles. The molecule has 1 heterocycles. The Hall–Kier alpha value is -1.75. The molecule has 2 rings (SSSR count). The number of hydrogen-bond donors (Lipinski definition) is 1. The number of Topliss-reactive ketones (excluding diaryl/α,β-unsaturated/α-hetero) is 1. The second-order valence-corrected chi connectivity index (χ2v) is 4.84. The highest BCUT2D eigenvalue weighted by Gasteiger charge is 2.24. The van der Waals surface area contributed by atoms with E-state index in [1.165, 1.54) is 6.07 Å². The Morgan fingerprint density at radius 2 is 2.11 bits per heavy atom. The summed E-state index contributed by atoms with van der Waals surface area (Å²) in [4.78, 5) is 22.9. The normalized spacial score (nSPS) is 16.3. The van der Waals surface area contributed by atoms with E-state index in [4.69, 9.17) is 0 Å². The van der Waals surface area contributed by atoms with Crippen LogP contribution in [0.3, 0.4) is 0 Å². The molecule has 1 aliphatic rings. The van der Waals surface area contributed by atoms with Gasteiger partial charge in [-0.1, -0.05) is 19.1 Å². The molecule has 0 aliphatic carbocycles. The molecule has 19 heavy (non-hydrogen) atoms. The van der Waals surface area contributed by atoms with Gasteiger partial charge in [0.25, 0.3) is 5.69 Å². The first-order chi connectivity index (χ1) is 9.13. The lowest BCUT2D eigenvalue weighted by atomic mass is 9.89. The molecule has 0 amide bonds. The topological polar surface area (TPSA) is 72.2 Å². The Morgan fingerprint density at radius 3 is 2.68 bits per heavy atom. The van der Waals surface area contributed by atoms with E-state index in [1.807, 2.05) is 6.92 Å². The molecule has 0 saturated carbocycles. The fraction of sp³-hybridized carbons (Fsp3) is 0.500. The minimum atomic E-state index is -0.405. The molecule has 1 fully saturated rings. The summed E-state index contributed by atoms with van der Waals surface area (Å²) in [7, 11) is 0. The van der Waals surface area contributed by atoms with Crippen molar-refractivity contribution >= 4 is 11.5 Å². The maximum Gasteiger partial charge on any atom is 0.273 e. The highest BCUT2D eigenvalue weighted by atomic mass is 16.6. The third kappa shape index (κ3) is 2.98. The van der Waals surface area contributed by atoms with Crippen molar-refractivity contribution in [1.29, 1.82) is 0 Å². The number of benzene rings is 1. The third-order valence-corrected chi connectivity index (χ3v) is 3.66. The van der Waals surface area contributed by atoms with E-state index in [2.05, 4.69) is 5.32 Å². The Balaban J connectivity index is 2.26. The predicted octanol–water partition coefficient (Wildman–Crippen LogP) is 2.34. The first-order valence-electron chi connectivity index (χ1n) is 6.65. The molecular formula is C14H18N2O3. The van der Waals surface area contributed by atoms with Crippen molar-refractivity contribution in [3.05, 3.63) is 39.4 Å². The fourth-order valence-electron chi connectivity index (χ4n) is 2.51. The Labute approximate surface area is 112 Å². The molecule has 0 bridgehead atoms. The van der Waals surface area contributed by atoms with Gasteiger partial charge in [-0.2, -0.15) is 0 Å². The highest BCUT2D eigenvalue weighted by Crippen LogP contribution is 2.24. The number of nitrogens with one attached hydrogen (secondary N) is 1. The van der Waals surface area contributed by atoms with Gasteiger partial charge in [0, 0.05) is 23.1 Å². The van der Waals surface area contributed by atoms with Gasteiger partial charge in [0.05, 0.1) is 4.92 Å². The zero-order chi connectivity index (χ0) is 13.8. The van der Waals surface area contributed by atoms with E-state index in [0.717, 1.165) is 25.9 Å². The van der Waals surface area contributed by atoms with Crippen LogP contribution in [0, 0.1) is 16.0 Å². The number of rotatable bonds is 4. The van der Waals surface area contributed by atoms with Crippen LogP contribution in [0.4, 0.5) is 5.69 Å². The van der Waals surface area contributed by atoms with Crippen molar-refractivity contribution in [3.63, 3.8) is 0 Å². The van der Waals surface area contributed by atoms with Crippen molar-refractivity contribution < 1.29 is 9.72 Å². The highest BCUT2D eigenvalue weighted by molar-refractivity contribution is 5.98. The zero-order valence-electron chi connectivity index (χ0n) is 11.0. The van der Waals surface area contributed by atoms with Gasteiger partial charge in [0.2, 0.25) is 0 Å². The number of piperidine rings is 1. The Bertz CT molecular complexity index is 493. The van der Waals surface area contributed by atoms with Gasteiger partial charge < -0.3 is 5.32 Å². The lowest BCUT2D eigenvalue weighted by Crippen LogP contribution is -2.31. The maximum absolute atomic E-state index is 12.3. The smallest absolute Gasteiger partial charge is 0.273 e. The summed E-state index contributed by atoms with van der Waals surface area (Å²) in [5, 5.41) is 14.2. The van der Waals surface area contributed by atoms with Crippen LogP contribution in [0.25, 0.3) is 0 Å². The third-order valence-electron chi connectivity index (χ3n) is 3.66. The Kier molecular flexibility index (Phi) is 4.27. The molecule has 1 aromatic rings. The number of nitrogens with zero attached hydrogens (tertiary/aromatic N) is 1. The fourth-order valence-corrected chi connectivity index (χ4v) is 2.51. The van der Waals surface area contributed by atoms with Gasteiger partial charge in [-0.05, 0) is 32.4 Å². The Morgan fingerprint density at radius 1 is 1.42 bits per heavy atom. The monoisotopic (exact) mass is 262 g/mol. The van der Waals surface area contributed by atoms with Crippen LogP contribution < -0.4 is 5.32 Å². The van der Waals surface area contributed by atoms with E-state index in [-0.39, 0.29) is 17.4 Å². The summed E-state index contributed by atoms with van der Waals surface area (Å²) in [6.45, 7) is 3.55. The molecule has 0 spiro atoms. The molecular weight excluding hydrogens is 244 g/mol. The molecule has 5 heteroatoms. The van der Waals surface area contributed by atoms with E-state index >= 15 is 0 Å². The number of nitro groups is 1. The van der Waals surface area contributed by atoms with E-state index in [9.17, 15) is 14.9 Å². The van der Waals surface area contributed by atoms with Crippen LogP contribution in [0.15, 0.2) is 18.2 Å². The first-order valence-corrected chi connectivity index (χ1v) is 6.65. The summed E-state index contributed by atoms with van der Waals surface area (Å²) < 4.78 is 0. The van der Waals surface area contributed by atoms with Gasteiger partial charge in [0.15, 0.2) is 5.78 Å². The first kappa shape index (κ1) is 13.7. The summed E-state index contributed by atoms with van der Waals surface area (Å²) in [6, 6.07) is 4.85. The van der Waals surface area contributed by atoms with Crippen LogP contribution in [-0.4, -0.2) is 23.8 Å². The zero-order valence-corrected chi connectivity index (χ0v) is 11.0. The lowest BCUT2D eigenvalue weighted by molar-refractivity contribution is -0.385. The van der Waals surface area contributed by atoms with Crippen molar-refractivity contribution in [2.75, 3.05) is 13.1 Å². The van der Waals surface area contributed by atoms with Gasteiger partial charge in [-0.25, -0.2) is 0 Å². The summed E-state index contributed by atoms with van der Waals surface area (Å²) >= 11 is 0. The molecule has 1 aromatic carbocycles. The SMILES string of the molecule is CCc1ccc(C(=O)C2CCNCC2)cc1[N+](=O)[O-]. The van der Waals surface area contributed by atoms with E-state index < -0.39 is 4.92 Å². The molecule has 102 valence electrons. The van der Waals surface area contributed by atoms with Crippen molar-refractivity contribution in [1.82, 2.24) is 5.32 Å². The molecule has 1 N–H and O–H groups in total. The van der Waals surface area contributed by atoms with Gasteiger partial charge in [0.1, 0.15) is 0 Å². The number of hydrogen-bond acceptors (Lipinski definition) is 4. The van der Waals surface area contributed by atoms with Crippen LogP contribution >= 0.6 is 0 Å². The summed E-state index contributed by atoms with van der Waals surface area (Å²) in [5.41, 5.74) is 1.20. The lowest BCUT2D eigenvalue weighted by Gasteiger charge is -2.21. The van der Waals surface area contributed by atoms with Crippen molar-refractivity contribution in [2.24, 2.45) is 5.92 Å². The molecule has 0 aromatic heterocycles. The quantitative estimate of drug-likeness (QED) is 0.513. The van der Waals surface area contributed by atoms with Crippen LogP contribution in [0.1, 0.15) is 35.7 Å². The molecule has 0 unspecified atom stereocenters. The molecule has 5 nitrogen and oxygen atoms in total.